The van der Waals surface area contributed by atoms with Crippen molar-refractivity contribution in [1.82, 2.24) is 4.31 Å². The van der Waals surface area contributed by atoms with Crippen molar-refractivity contribution in [2.24, 2.45) is 17.6 Å². The number of rotatable bonds is 2. The van der Waals surface area contributed by atoms with Crippen LogP contribution in [0.5, 0.6) is 0 Å². The van der Waals surface area contributed by atoms with Gasteiger partial charge in [0.25, 0.3) is 0 Å². The van der Waals surface area contributed by atoms with Gasteiger partial charge in [-0.1, -0.05) is 25.7 Å². The summed E-state index contributed by atoms with van der Waals surface area (Å²) in [6, 6.07) is 0.213. The first kappa shape index (κ1) is 13.8. The molecular weight excluding hydrogens is 260 g/mol. The first-order valence-electron chi connectivity index (χ1n) is 7.83. The van der Waals surface area contributed by atoms with E-state index in [1.807, 2.05) is 0 Å². The molecule has 4 nitrogen and oxygen atoms in total. The van der Waals surface area contributed by atoms with Crippen LogP contribution in [0.15, 0.2) is 0 Å². The Morgan fingerprint density at radius 1 is 0.895 bits per heavy atom. The summed E-state index contributed by atoms with van der Waals surface area (Å²) >= 11 is 0. The molecule has 1 heterocycles. The Bertz CT molecular complexity index is 417. The maximum Gasteiger partial charge on any atom is 0.216 e. The molecule has 3 aliphatic rings. The van der Waals surface area contributed by atoms with Crippen molar-refractivity contribution in [3.05, 3.63) is 0 Å². The van der Waals surface area contributed by atoms with Crippen LogP contribution in [-0.2, 0) is 10.0 Å². The summed E-state index contributed by atoms with van der Waals surface area (Å²) in [7, 11) is -3.07. The average molecular weight is 286 g/mol. The zero-order chi connectivity index (χ0) is 13.5. The van der Waals surface area contributed by atoms with Gasteiger partial charge >= 0.3 is 0 Å². The molecule has 3 rings (SSSR count). The van der Waals surface area contributed by atoms with Gasteiger partial charge in [-0.3, -0.25) is 0 Å². The van der Waals surface area contributed by atoms with E-state index in [1.54, 1.807) is 4.31 Å². The smallest absolute Gasteiger partial charge is 0.216 e. The van der Waals surface area contributed by atoms with Crippen LogP contribution < -0.4 is 5.73 Å². The van der Waals surface area contributed by atoms with Crippen molar-refractivity contribution in [1.29, 1.82) is 0 Å². The quantitative estimate of drug-likeness (QED) is 0.840. The minimum Gasteiger partial charge on any atom is -0.327 e. The summed E-state index contributed by atoms with van der Waals surface area (Å²) in [5.74, 6) is 0.925. The van der Waals surface area contributed by atoms with E-state index in [1.165, 1.54) is 12.8 Å². The normalized spacial score (nSPS) is 38.3. The second kappa shape index (κ2) is 5.34. The number of fused-ring (bicyclic) bond motifs is 1. The zero-order valence-corrected chi connectivity index (χ0v) is 12.4. The predicted octanol–water partition coefficient (Wildman–Crippen LogP) is 1.71. The molecule has 0 amide bonds. The van der Waals surface area contributed by atoms with Crippen LogP contribution in [0, 0.1) is 11.8 Å². The van der Waals surface area contributed by atoms with E-state index in [0.29, 0.717) is 18.4 Å². The van der Waals surface area contributed by atoms with Crippen molar-refractivity contribution in [3.8, 4) is 0 Å². The van der Waals surface area contributed by atoms with E-state index in [4.69, 9.17) is 5.73 Å². The van der Waals surface area contributed by atoms with Crippen molar-refractivity contribution in [2.45, 2.75) is 62.7 Å². The Labute approximate surface area is 116 Å². The van der Waals surface area contributed by atoms with Gasteiger partial charge in [-0.25, -0.2) is 12.7 Å². The number of sulfonamides is 1. The SMILES string of the molecule is NC1CCCC2CN(S(=O)(=O)C3CCCCC3)CC12. The Hall–Kier alpha value is -0.130. The fourth-order valence-electron chi connectivity index (χ4n) is 4.26. The highest BCUT2D eigenvalue weighted by atomic mass is 32.2. The molecule has 110 valence electrons. The highest BCUT2D eigenvalue weighted by Crippen LogP contribution is 2.38. The fraction of sp³-hybridized carbons (Fsp3) is 1.00. The first-order valence-corrected chi connectivity index (χ1v) is 9.34. The molecule has 2 saturated carbocycles. The van der Waals surface area contributed by atoms with Crippen molar-refractivity contribution >= 4 is 10.0 Å². The maximum absolute atomic E-state index is 12.7. The molecule has 2 aliphatic carbocycles. The van der Waals surface area contributed by atoms with Gasteiger partial charge in [0.2, 0.25) is 10.0 Å². The van der Waals surface area contributed by atoms with Gasteiger partial charge in [-0.2, -0.15) is 0 Å². The fourth-order valence-corrected chi connectivity index (χ4v) is 6.39. The lowest BCUT2D eigenvalue weighted by Gasteiger charge is -2.29. The van der Waals surface area contributed by atoms with Gasteiger partial charge in [-0.05, 0) is 37.5 Å². The summed E-state index contributed by atoms with van der Waals surface area (Å²) < 4.78 is 27.2. The molecule has 0 aromatic rings. The largest absolute Gasteiger partial charge is 0.327 e. The highest BCUT2D eigenvalue weighted by molar-refractivity contribution is 7.89. The molecule has 3 atom stereocenters. The molecule has 0 bridgehead atoms. The van der Waals surface area contributed by atoms with E-state index in [9.17, 15) is 8.42 Å². The topological polar surface area (TPSA) is 63.4 Å². The lowest BCUT2D eigenvalue weighted by molar-refractivity contribution is 0.260. The third kappa shape index (κ3) is 2.57. The Morgan fingerprint density at radius 2 is 1.63 bits per heavy atom. The molecular formula is C14H26N2O2S. The van der Waals surface area contributed by atoms with Gasteiger partial charge in [0, 0.05) is 19.1 Å². The van der Waals surface area contributed by atoms with Crippen LogP contribution in [0.25, 0.3) is 0 Å². The summed E-state index contributed by atoms with van der Waals surface area (Å²) in [6.45, 7) is 1.42. The molecule has 0 radical (unpaired) electrons. The monoisotopic (exact) mass is 286 g/mol. The van der Waals surface area contributed by atoms with Crippen LogP contribution >= 0.6 is 0 Å². The van der Waals surface area contributed by atoms with E-state index >= 15 is 0 Å². The third-order valence-corrected chi connectivity index (χ3v) is 7.79. The maximum atomic E-state index is 12.7. The number of nitrogens with zero attached hydrogens (tertiary/aromatic N) is 1. The minimum atomic E-state index is -3.07. The molecule has 19 heavy (non-hydrogen) atoms. The second-order valence-corrected chi connectivity index (χ2v) is 8.85. The Balaban J connectivity index is 1.72. The molecule has 0 aromatic heterocycles. The highest BCUT2D eigenvalue weighted by Gasteiger charge is 2.44. The second-order valence-electron chi connectivity index (χ2n) is 6.64. The summed E-state index contributed by atoms with van der Waals surface area (Å²) in [4.78, 5) is 0. The van der Waals surface area contributed by atoms with Crippen molar-refractivity contribution < 1.29 is 8.42 Å². The van der Waals surface area contributed by atoms with Crippen LogP contribution in [0.2, 0.25) is 0 Å². The van der Waals surface area contributed by atoms with Gasteiger partial charge in [0.05, 0.1) is 5.25 Å². The molecule has 1 aliphatic heterocycles. The summed E-state index contributed by atoms with van der Waals surface area (Å²) in [5.41, 5.74) is 6.18. The summed E-state index contributed by atoms with van der Waals surface area (Å²) in [6.07, 6.45) is 8.46. The number of hydrogen-bond acceptors (Lipinski definition) is 3. The van der Waals surface area contributed by atoms with Crippen LogP contribution in [0.4, 0.5) is 0 Å². The van der Waals surface area contributed by atoms with E-state index < -0.39 is 10.0 Å². The Morgan fingerprint density at radius 3 is 2.32 bits per heavy atom. The lowest BCUT2D eigenvalue weighted by atomic mass is 9.78. The van der Waals surface area contributed by atoms with Gasteiger partial charge in [-0.15, -0.1) is 0 Å². The van der Waals surface area contributed by atoms with E-state index in [2.05, 4.69) is 0 Å². The van der Waals surface area contributed by atoms with Gasteiger partial charge in [0.15, 0.2) is 0 Å². The number of nitrogens with two attached hydrogens (primary N) is 1. The standard InChI is InChI=1S/C14H26N2O2S/c15-14-8-4-5-11-9-16(10-13(11)14)19(17,18)12-6-2-1-3-7-12/h11-14H,1-10,15H2. The number of hydrogen-bond donors (Lipinski definition) is 1. The Kier molecular flexibility index (Phi) is 3.89. The molecule has 3 unspecified atom stereocenters. The third-order valence-electron chi connectivity index (χ3n) is 5.45. The first-order chi connectivity index (χ1) is 9.09. The van der Waals surface area contributed by atoms with E-state index in [-0.39, 0.29) is 11.3 Å². The minimum absolute atomic E-state index is 0.113. The van der Waals surface area contributed by atoms with Gasteiger partial charge < -0.3 is 5.73 Å². The molecule has 1 saturated heterocycles. The lowest BCUT2D eigenvalue weighted by Crippen LogP contribution is -2.40. The van der Waals surface area contributed by atoms with Crippen LogP contribution in [-0.4, -0.2) is 37.1 Å². The van der Waals surface area contributed by atoms with Gasteiger partial charge in [0.1, 0.15) is 0 Å². The molecule has 0 aromatic carbocycles. The van der Waals surface area contributed by atoms with Crippen LogP contribution in [0.3, 0.4) is 0 Å². The molecule has 3 fully saturated rings. The summed E-state index contributed by atoms with van der Waals surface area (Å²) in [5, 5.41) is -0.113. The molecule has 0 spiro atoms. The van der Waals surface area contributed by atoms with Crippen molar-refractivity contribution in [2.75, 3.05) is 13.1 Å². The zero-order valence-electron chi connectivity index (χ0n) is 11.6. The van der Waals surface area contributed by atoms with Crippen molar-refractivity contribution in [3.63, 3.8) is 0 Å². The molecule has 5 heteroatoms. The average Bonchev–Trinajstić information content (AvgIpc) is 2.86. The van der Waals surface area contributed by atoms with E-state index in [0.717, 1.165) is 45.1 Å². The molecule has 2 N–H and O–H groups in total. The predicted molar refractivity (Wildman–Crippen MR) is 76.2 cm³/mol. The van der Waals surface area contributed by atoms with Crippen LogP contribution in [0.1, 0.15) is 51.4 Å².